The Labute approximate surface area is 156 Å². The molecule has 0 aliphatic carbocycles. The maximum Gasteiger partial charge on any atom is 0.420 e. The molecule has 1 atom stereocenters. The molecule has 140 valence electrons. The second kappa shape index (κ2) is 7.40. The third-order valence-corrected chi connectivity index (χ3v) is 4.91. The molecule has 6 heteroatoms. The molecule has 2 aromatic carbocycles. The molecule has 1 aliphatic heterocycles. The molecule has 0 radical (unpaired) electrons. The smallest absolute Gasteiger partial charge is 0.408 e. The molecule has 1 fully saturated rings. The van der Waals surface area contributed by atoms with Crippen LogP contribution in [0.25, 0.3) is 11.1 Å². The van der Waals surface area contributed by atoms with Crippen molar-refractivity contribution in [2.45, 2.75) is 32.4 Å². The highest BCUT2D eigenvalue weighted by atomic mass is 16.5. The number of carbonyl (C=O) groups excluding carboxylic acids is 1. The van der Waals surface area contributed by atoms with Gasteiger partial charge in [0.1, 0.15) is 0 Å². The minimum Gasteiger partial charge on any atom is -0.408 e. The van der Waals surface area contributed by atoms with E-state index in [0.717, 1.165) is 30.6 Å². The second-order valence-corrected chi connectivity index (χ2v) is 6.97. The third-order valence-electron chi connectivity index (χ3n) is 4.91. The Balaban J connectivity index is 1.57. The predicted octanol–water partition coefficient (Wildman–Crippen LogP) is 2.86. The molecular weight excluding hydrogens is 344 g/mol. The van der Waals surface area contributed by atoms with Gasteiger partial charge in [0.15, 0.2) is 5.58 Å². The van der Waals surface area contributed by atoms with Crippen LogP contribution in [0.2, 0.25) is 0 Å². The fourth-order valence-corrected chi connectivity index (χ4v) is 3.34. The first-order chi connectivity index (χ1) is 13.1. The van der Waals surface area contributed by atoms with Gasteiger partial charge in [-0.2, -0.15) is 0 Å². The molecule has 1 saturated heterocycles. The van der Waals surface area contributed by atoms with Gasteiger partial charge in [-0.25, -0.2) is 4.79 Å². The summed E-state index contributed by atoms with van der Waals surface area (Å²) in [7, 11) is 0. The van der Waals surface area contributed by atoms with Crippen LogP contribution in [0.3, 0.4) is 0 Å². The number of hydrogen-bond donors (Lipinski definition) is 1. The highest BCUT2D eigenvalue weighted by Gasteiger charge is 2.18. The van der Waals surface area contributed by atoms with Crippen LogP contribution in [0.4, 0.5) is 0 Å². The quantitative estimate of drug-likeness (QED) is 0.754. The van der Waals surface area contributed by atoms with Crippen LogP contribution in [0, 0.1) is 6.92 Å². The average molecular weight is 366 g/mol. The van der Waals surface area contributed by atoms with Gasteiger partial charge in [-0.1, -0.05) is 29.8 Å². The molecule has 0 saturated carbocycles. The van der Waals surface area contributed by atoms with Crippen molar-refractivity contribution in [3.05, 3.63) is 69.7 Å². The number of ether oxygens (including phenoxy) is 1. The Morgan fingerprint density at radius 3 is 2.78 bits per heavy atom. The van der Waals surface area contributed by atoms with Gasteiger partial charge in [-0.3, -0.25) is 9.36 Å². The van der Waals surface area contributed by atoms with Crippen LogP contribution in [0.1, 0.15) is 34.3 Å². The maximum absolute atomic E-state index is 12.5. The molecule has 1 N–H and O–H groups in total. The number of hydrogen-bond acceptors (Lipinski definition) is 4. The fraction of sp³-hybridized carbons (Fsp3) is 0.333. The van der Waals surface area contributed by atoms with Crippen LogP contribution in [0.5, 0.6) is 0 Å². The van der Waals surface area contributed by atoms with Crippen LogP contribution >= 0.6 is 0 Å². The van der Waals surface area contributed by atoms with Crippen molar-refractivity contribution in [2.75, 3.05) is 13.2 Å². The van der Waals surface area contributed by atoms with Crippen molar-refractivity contribution in [1.29, 1.82) is 0 Å². The summed E-state index contributed by atoms with van der Waals surface area (Å²) in [5.41, 5.74) is 3.75. The van der Waals surface area contributed by atoms with Gasteiger partial charge in [0.05, 0.1) is 18.2 Å². The number of fused-ring (bicyclic) bond motifs is 1. The molecule has 1 aliphatic rings. The van der Waals surface area contributed by atoms with Crippen molar-refractivity contribution in [3.8, 4) is 0 Å². The summed E-state index contributed by atoms with van der Waals surface area (Å²) < 4.78 is 12.4. The molecule has 4 rings (SSSR count). The number of aromatic nitrogens is 1. The van der Waals surface area contributed by atoms with Crippen LogP contribution in [-0.2, 0) is 11.3 Å². The molecule has 0 bridgehead atoms. The molecule has 6 nitrogen and oxygen atoms in total. The lowest BCUT2D eigenvalue weighted by atomic mass is 10.1. The molecule has 2 heterocycles. The van der Waals surface area contributed by atoms with E-state index in [9.17, 15) is 9.59 Å². The number of aryl methyl sites for hydroxylation is 1. The lowest BCUT2D eigenvalue weighted by Gasteiger charge is -2.11. The minimum atomic E-state index is -0.428. The predicted molar refractivity (Wildman–Crippen MR) is 102 cm³/mol. The topological polar surface area (TPSA) is 73.5 Å². The van der Waals surface area contributed by atoms with E-state index in [0.29, 0.717) is 29.8 Å². The van der Waals surface area contributed by atoms with E-state index in [1.807, 2.05) is 31.2 Å². The summed E-state index contributed by atoms with van der Waals surface area (Å²) >= 11 is 0. The number of rotatable bonds is 5. The lowest BCUT2D eigenvalue weighted by molar-refractivity contribution is 0.0858. The number of oxazole rings is 1. The van der Waals surface area contributed by atoms with E-state index < -0.39 is 5.76 Å². The average Bonchev–Trinajstić information content (AvgIpc) is 3.29. The molecule has 3 aromatic rings. The number of carbonyl (C=O) groups is 1. The second-order valence-electron chi connectivity index (χ2n) is 6.97. The van der Waals surface area contributed by atoms with E-state index in [1.54, 1.807) is 22.8 Å². The van der Waals surface area contributed by atoms with E-state index in [2.05, 4.69) is 5.32 Å². The number of nitrogens with one attached hydrogen (secondary N) is 1. The minimum absolute atomic E-state index is 0.0892. The van der Waals surface area contributed by atoms with Crippen molar-refractivity contribution >= 4 is 17.0 Å². The molecule has 1 aromatic heterocycles. The maximum atomic E-state index is 12.5. The lowest BCUT2D eigenvalue weighted by Crippen LogP contribution is -2.31. The molecule has 0 unspecified atom stereocenters. The summed E-state index contributed by atoms with van der Waals surface area (Å²) in [6.07, 6.45) is 2.09. The first-order valence-corrected chi connectivity index (χ1v) is 9.19. The SMILES string of the molecule is Cc1ccc(Cn2c(=O)oc3ccc(C(=O)NC[C@@H]4CCCO4)cc32)cc1. The van der Waals surface area contributed by atoms with Gasteiger partial charge in [0.25, 0.3) is 5.91 Å². The number of nitrogens with zero attached hydrogens (tertiary/aromatic N) is 1. The monoisotopic (exact) mass is 366 g/mol. The van der Waals surface area contributed by atoms with Crippen molar-refractivity contribution < 1.29 is 13.9 Å². The summed E-state index contributed by atoms with van der Waals surface area (Å²) in [5, 5.41) is 2.91. The summed E-state index contributed by atoms with van der Waals surface area (Å²) in [5.74, 6) is -0.606. The standard InChI is InChI=1S/C21H22N2O4/c1-14-4-6-15(7-5-14)13-23-18-11-16(8-9-19(18)27-21(23)25)20(24)22-12-17-3-2-10-26-17/h4-9,11,17H,2-3,10,12-13H2,1H3,(H,22,24)/t17-/m0/s1. The van der Waals surface area contributed by atoms with E-state index >= 15 is 0 Å². The van der Waals surface area contributed by atoms with E-state index in [-0.39, 0.29) is 12.0 Å². The van der Waals surface area contributed by atoms with Gasteiger partial charge in [-0.05, 0) is 43.5 Å². The Hall–Kier alpha value is -2.86. The zero-order valence-electron chi connectivity index (χ0n) is 15.2. The fourth-order valence-electron chi connectivity index (χ4n) is 3.34. The van der Waals surface area contributed by atoms with Gasteiger partial charge in [0.2, 0.25) is 0 Å². The molecular formula is C21H22N2O4. The van der Waals surface area contributed by atoms with Crippen LogP contribution in [-0.4, -0.2) is 29.7 Å². The summed E-state index contributed by atoms with van der Waals surface area (Å²) in [6.45, 7) is 3.67. The highest BCUT2D eigenvalue weighted by molar-refractivity contribution is 5.97. The van der Waals surface area contributed by atoms with E-state index in [4.69, 9.17) is 9.15 Å². The number of benzene rings is 2. The van der Waals surface area contributed by atoms with Crippen molar-refractivity contribution in [1.82, 2.24) is 9.88 Å². The van der Waals surface area contributed by atoms with Crippen LogP contribution < -0.4 is 11.1 Å². The van der Waals surface area contributed by atoms with Crippen molar-refractivity contribution in [2.24, 2.45) is 0 Å². The Kier molecular flexibility index (Phi) is 4.81. The first-order valence-electron chi connectivity index (χ1n) is 9.19. The van der Waals surface area contributed by atoms with Gasteiger partial charge in [-0.15, -0.1) is 0 Å². The highest BCUT2D eigenvalue weighted by Crippen LogP contribution is 2.17. The Morgan fingerprint density at radius 1 is 1.22 bits per heavy atom. The zero-order chi connectivity index (χ0) is 18.8. The van der Waals surface area contributed by atoms with Crippen molar-refractivity contribution in [3.63, 3.8) is 0 Å². The third kappa shape index (κ3) is 3.80. The Morgan fingerprint density at radius 2 is 2.04 bits per heavy atom. The normalized spacial score (nSPS) is 16.7. The van der Waals surface area contributed by atoms with Gasteiger partial charge < -0.3 is 14.5 Å². The largest absolute Gasteiger partial charge is 0.420 e. The zero-order valence-corrected chi connectivity index (χ0v) is 15.2. The molecule has 27 heavy (non-hydrogen) atoms. The van der Waals surface area contributed by atoms with Gasteiger partial charge >= 0.3 is 5.76 Å². The Bertz CT molecular complexity index is 1010. The molecule has 0 spiro atoms. The summed E-state index contributed by atoms with van der Waals surface area (Å²) in [6, 6.07) is 13.0. The van der Waals surface area contributed by atoms with Gasteiger partial charge in [0, 0.05) is 18.7 Å². The summed E-state index contributed by atoms with van der Waals surface area (Å²) in [4.78, 5) is 24.7. The first kappa shape index (κ1) is 17.5. The van der Waals surface area contributed by atoms with Crippen LogP contribution in [0.15, 0.2) is 51.7 Å². The molecule has 1 amide bonds. The number of amides is 1. The van der Waals surface area contributed by atoms with E-state index in [1.165, 1.54) is 0 Å².